The summed E-state index contributed by atoms with van der Waals surface area (Å²) in [4.78, 5) is 38.3. The van der Waals surface area contributed by atoms with Gasteiger partial charge in [0.25, 0.3) is 11.8 Å². The summed E-state index contributed by atoms with van der Waals surface area (Å²) in [6.45, 7) is 3.72. The first-order valence-electron chi connectivity index (χ1n) is 9.63. The molecule has 3 rings (SSSR count). The molecule has 1 fully saturated rings. The molecule has 1 aliphatic rings. The molecule has 0 atom stereocenters. The average Bonchev–Trinajstić information content (AvgIpc) is 3.26. The third-order valence-electron chi connectivity index (χ3n) is 4.75. The van der Waals surface area contributed by atoms with Gasteiger partial charge in [-0.25, -0.2) is 0 Å². The van der Waals surface area contributed by atoms with Gasteiger partial charge in [0, 0.05) is 42.9 Å². The van der Waals surface area contributed by atoms with Gasteiger partial charge in [-0.3, -0.25) is 14.4 Å². The number of rotatable bonds is 6. The molecule has 0 aliphatic carbocycles. The molecule has 1 heterocycles. The van der Waals surface area contributed by atoms with E-state index in [2.05, 4.69) is 10.6 Å². The minimum Gasteiger partial charge on any atom is -0.348 e. The van der Waals surface area contributed by atoms with Crippen molar-refractivity contribution >= 4 is 23.4 Å². The topological polar surface area (TPSA) is 78.5 Å². The monoisotopic (exact) mass is 379 g/mol. The first-order valence-corrected chi connectivity index (χ1v) is 9.63. The predicted molar refractivity (Wildman–Crippen MR) is 108 cm³/mol. The van der Waals surface area contributed by atoms with Gasteiger partial charge < -0.3 is 15.5 Å². The Morgan fingerprint density at radius 3 is 2.43 bits per heavy atom. The van der Waals surface area contributed by atoms with Gasteiger partial charge in [0.15, 0.2) is 0 Å². The third-order valence-corrected chi connectivity index (χ3v) is 4.75. The Labute approximate surface area is 164 Å². The molecule has 2 aromatic carbocycles. The van der Waals surface area contributed by atoms with Crippen LogP contribution in [0.3, 0.4) is 0 Å². The minimum atomic E-state index is -0.233. The quantitative estimate of drug-likeness (QED) is 0.809. The van der Waals surface area contributed by atoms with Crippen molar-refractivity contribution in [3.63, 3.8) is 0 Å². The normalized spacial score (nSPS) is 13.2. The van der Waals surface area contributed by atoms with Crippen molar-refractivity contribution in [3.8, 4) is 0 Å². The van der Waals surface area contributed by atoms with Crippen LogP contribution in [0.25, 0.3) is 0 Å². The Bertz CT molecular complexity index is 873. The lowest BCUT2D eigenvalue weighted by molar-refractivity contribution is -0.115. The summed E-state index contributed by atoms with van der Waals surface area (Å²) in [6.07, 6.45) is 2.49. The second-order valence-corrected chi connectivity index (χ2v) is 6.86. The zero-order chi connectivity index (χ0) is 19.9. The third kappa shape index (κ3) is 4.97. The van der Waals surface area contributed by atoms with Crippen LogP contribution in [0.4, 0.5) is 5.69 Å². The summed E-state index contributed by atoms with van der Waals surface area (Å²) in [6, 6.07) is 14.2. The van der Waals surface area contributed by atoms with Crippen LogP contribution in [0.1, 0.15) is 52.5 Å². The lowest BCUT2D eigenvalue weighted by atomic mass is 10.1. The van der Waals surface area contributed by atoms with Gasteiger partial charge >= 0.3 is 0 Å². The average molecular weight is 379 g/mol. The van der Waals surface area contributed by atoms with Crippen LogP contribution < -0.4 is 10.6 Å². The number of hydrogen-bond acceptors (Lipinski definition) is 3. The van der Waals surface area contributed by atoms with E-state index >= 15 is 0 Å². The Morgan fingerprint density at radius 1 is 0.964 bits per heavy atom. The second kappa shape index (κ2) is 9.17. The van der Waals surface area contributed by atoms with E-state index in [1.165, 1.54) is 0 Å². The summed E-state index contributed by atoms with van der Waals surface area (Å²) in [5, 5.41) is 5.62. The predicted octanol–water partition coefficient (Wildman–Crippen LogP) is 3.20. The van der Waals surface area contributed by atoms with Gasteiger partial charge in [-0.05, 0) is 48.7 Å². The van der Waals surface area contributed by atoms with Crippen molar-refractivity contribution in [2.75, 3.05) is 18.4 Å². The summed E-state index contributed by atoms with van der Waals surface area (Å²) in [5.41, 5.74) is 2.59. The van der Waals surface area contributed by atoms with Crippen molar-refractivity contribution in [3.05, 3.63) is 65.2 Å². The van der Waals surface area contributed by atoms with Crippen LogP contribution in [0.2, 0.25) is 0 Å². The van der Waals surface area contributed by atoms with E-state index in [-0.39, 0.29) is 17.7 Å². The van der Waals surface area contributed by atoms with Gasteiger partial charge in [-0.2, -0.15) is 0 Å². The molecule has 0 radical (unpaired) electrons. The highest BCUT2D eigenvalue weighted by molar-refractivity contribution is 5.97. The number of anilines is 1. The molecule has 1 aliphatic heterocycles. The molecule has 28 heavy (non-hydrogen) atoms. The van der Waals surface area contributed by atoms with Crippen molar-refractivity contribution in [2.24, 2.45) is 0 Å². The molecule has 0 unspecified atom stereocenters. The van der Waals surface area contributed by atoms with Crippen LogP contribution in [0, 0.1) is 0 Å². The fraction of sp³-hybridized carbons (Fsp3) is 0.318. The number of nitrogens with one attached hydrogen (secondary N) is 2. The maximum atomic E-state index is 12.5. The molecule has 0 aromatic heterocycles. The fourth-order valence-corrected chi connectivity index (χ4v) is 3.19. The van der Waals surface area contributed by atoms with Crippen molar-refractivity contribution < 1.29 is 14.4 Å². The maximum Gasteiger partial charge on any atom is 0.253 e. The number of carbonyl (C=O) groups is 3. The number of likely N-dealkylation sites (tertiary alicyclic amines) is 1. The zero-order valence-corrected chi connectivity index (χ0v) is 16.0. The summed E-state index contributed by atoms with van der Waals surface area (Å²) in [5.74, 6) is -0.286. The summed E-state index contributed by atoms with van der Waals surface area (Å²) >= 11 is 0. The standard InChI is InChI=1S/C22H25N3O3/c1-2-20(26)24-19-10-6-8-17(14-19)21(27)23-15-16-7-5-9-18(13-16)22(28)25-11-3-4-12-25/h5-10,13-14H,2-4,11-12,15H2,1H3,(H,23,27)(H,24,26). The lowest BCUT2D eigenvalue weighted by Gasteiger charge is -2.15. The van der Waals surface area contributed by atoms with Gasteiger partial charge in [0.2, 0.25) is 5.91 Å². The van der Waals surface area contributed by atoms with Crippen molar-refractivity contribution in [1.29, 1.82) is 0 Å². The second-order valence-electron chi connectivity index (χ2n) is 6.86. The maximum absolute atomic E-state index is 12.5. The van der Waals surface area contributed by atoms with E-state index < -0.39 is 0 Å². The molecular formula is C22H25N3O3. The molecule has 6 heteroatoms. The Kier molecular flexibility index (Phi) is 6.42. The molecule has 3 amide bonds. The Morgan fingerprint density at radius 2 is 1.68 bits per heavy atom. The minimum absolute atomic E-state index is 0.0463. The van der Waals surface area contributed by atoms with Crippen LogP contribution >= 0.6 is 0 Å². The van der Waals surface area contributed by atoms with E-state index in [0.717, 1.165) is 31.5 Å². The van der Waals surface area contributed by atoms with E-state index in [1.54, 1.807) is 31.2 Å². The van der Waals surface area contributed by atoms with E-state index in [1.807, 2.05) is 29.2 Å². The Balaban J connectivity index is 1.61. The van der Waals surface area contributed by atoms with E-state index in [0.29, 0.717) is 29.8 Å². The highest BCUT2D eigenvalue weighted by Gasteiger charge is 2.19. The summed E-state index contributed by atoms with van der Waals surface area (Å²) < 4.78 is 0. The number of hydrogen-bond donors (Lipinski definition) is 2. The molecule has 6 nitrogen and oxygen atoms in total. The van der Waals surface area contributed by atoms with Gasteiger partial charge in [0.05, 0.1) is 0 Å². The number of nitrogens with zero attached hydrogens (tertiary/aromatic N) is 1. The number of carbonyl (C=O) groups excluding carboxylic acids is 3. The van der Waals surface area contributed by atoms with Crippen molar-refractivity contribution in [1.82, 2.24) is 10.2 Å². The van der Waals surface area contributed by atoms with E-state index in [4.69, 9.17) is 0 Å². The highest BCUT2D eigenvalue weighted by atomic mass is 16.2. The van der Waals surface area contributed by atoms with Crippen molar-refractivity contribution in [2.45, 2.75) is 32.7 Å². The SMILES string of the molecule is CCC(=O)Nc1cccc(C(=O)NCc2cccc(C(=O)N3CCCC3)c2)c1. The first-order chi connectivity index (χ1) is 13.6. The molecule has 0 spiro atoms. The molecule has 146 valence electrons. The highest BCUT2D eigenvalue weighted by Crippen LogP contribution is 2.15. The first kappa shape index (κ1) is 19.6. The van der Waals surface area contributed by atoms with Crippen LogP contribution in [-0.4, -0.2) is 35.7 Å². The molecular weight excluding hydrogens is 354 g/mol. The molecule has 0 bridgehead atoms. The summed E-state index contributed by atoms with van der Waals surface area (Å²) in [7, 11) is 0. The smallest absolute Gasteiger partial charge is 0.253 e. The number of benzene rings is 2. The van der Waals surface area contributed by atoms with Gasteiger partial charge in [-0.1, -0.05) is 25.1 Å². The largest absolute Gasteiger partial charge is 0.348 e. The van der Waals surface area contributed by atoms with Gasteiger partial charge in [-0.15, -0.1) is 0 Å². The van der Waals surface area contributed by atoms with E-state index in [9.17, 15) is 14.4 Å². The fourth-order valence-electron chi connectivity index (χ4n) is 3.19. The molecule has 2 aromatic rings. The van der Waals surface area contributed by atoms with Crippen LogP contribution in [0.15, 0.2) is 48.5 Å². The zero-order valence-electron chi connectivity index (χ0n) is 16.0. The molecule has 0 saturated carbocycles. The van der Waals surface area contributed by atoms with Crippen LogP contribution in [0.5, 0.6) is 0 Å². The molecule has 2 N–H and O–H groups in total. The van der Waals surface area contributed by atoms with Gasteiger partial charge in [0.1, 0.15) is 0 Å². The molecule has 1 saturated heterocycles. The lowest BCUT2D eigenvalue weighted by Crippen LogP contribution is -2.28. The Hall–Kier alpha value is -3.15. The number of amides is 3. The van der Waals surface area contributed by atoms with Crippen LogP contribution in [-0.2, 0) is 11.3 Å².